The molecule has 3 heterocycles. The minimum atomic E-state index is 0.384. The van der Waals surface area contributed by atoms with Crippen LogP contribution in [0, 0.1) is 11.3 Å². The summed E-state index contributed by atoms with van der Waals surface area (Å²) in [6.07, 6.45) is 12.1. The fourth-order valence-electron chi connectivity index (χ4n) is 5.73. The number of carbonyl (C=O) groups is 1. The van der Waals surface area contributed by atoms with E-state index >= 15 is 0 Å². The molecule has 0 unspecified atom stereocenters. The van der Waals surface area contributed by atoms with Gasteiger partial charge < -0.3 is 9.80 Å². The summed E-state index contributed by atoms with van der Waals surface area (Å²) in [6, 6.07) is 6.96. The highest BCUT2D eigenvalue weighted by Gasteiger charge is 2.42. The molecular formula is C23H34N4O. The standard InChI is InChI=1S/C23H34N4O/c28-22(19-4-5-19)27-13-10-23(11-14-27)8-6-20(7-9-23)25-15-17-26(18-16-25)21-3-1-2-12-24-21/h1-3,12,19-20H,4-11,13-18H2. The minimum absolute atomic E-state index is 0.384. The van der Waals surface area contributed by atoms with Crippen LogP contribution in [-0.4, -0.2) is 66.0 Å². The van der Waals surface area contributed by atoms with Crippen LogP contribution in [0.2, 0.25) is 0 Å². The molecule has 5 heteroatoms. The first-order chi connectivity index (χ1) is 13.7. The van der Waals surface area contributed by atoms with Gasteiger partial charge in [-0.1, -0.05) is 6.07 Å². The molecule has 2 aliphatic heterocycles. The van der Waals surface area contributed by atoms with Crippen molar-refractivity contribution < 1.29 is 4.79 Å². The summed E-state index contributed by atoms with van der Waals surface area (Å²) in [5.41, 5.74) is 0.534. The van der Waals surface area contributed by atoms with Crippen LogP contribution in [0.3, 0.4) is 0 Å². The van der Waals surface area contributed by atoms with E-state index in [-0.39, 0.29) is 0 Å². The molecule has 1 aromatic heterocycles. The van der Waals surface area contributed by atoms with Gasteiger partial charge in [0.2, 0.25) is 5.91 Å². The van der Waals surface area contributed by atoms with E-state index in [1.54, 1.807) is 0 Å². The molecule has 4 aliphatic rings. The zero-order chi connectivity index (χ0) is 19.0. The van der Waals surface area contributed by atoms with E-state index in [2.05, 4.69) is 31.8 Å². The molecule has 152 valence electrons. The van der Waals surface area contributed by atoms with Gasteiger partial charge in [0.05, 0.1) is 0 Å². The maximum atomic E-state index is 12.3. The van der Waals surface area contributed by atoms with Crippen molar-refractivity contribution in [2.75, 3.05) is 44.2 Å². The number of hydrogen-bond donors (Lipinski definition) is 0. The monoisotopic (exact) mass is 382 g/mol. The highest BCUT2D eigenvalue weighted by molar-refractivity contribution is 5.81. The highest BCUT2D eigenvalue weighted by Crippen LogP contribution is 2.46. The first kappa shape index (κ1) is 18.4. The molecule has 2 aliphatic carbocycles. The predicted octanol–water partition coefficient (Wildman–Crippen LogP) is 3.17. The van der Waals surface area contributed by atoms with E-state index < -0.39 is 0 Å². The van der Waals surface area contributed by atoms with Crippen molar-refractivity contribution in [3.8, 4) is 0 Å². The number of pyridine rings is 1. The van der Waals surface area contributed by atoms with Gasteiger partial charge in [0.15, 0.2) is 0 Å². The summed E-state index contributed by atoms with van der Waals surface area (Å²) in [5.74, 6) is 1.96. The molecule has 1 amide bonds. The fraction of sp³-hybridized carbons (Fsp3) is 0.739. The zero-order valence-electron chi connectivity index (χ0n) is 17.1. The van der Waals surface area contributed by atoms with Crippen LogP contribution in [0.25, 0.3) is 0 Å². The molecule has 28 heavy (non-hydrogen) atoms. The quantitative estimate of drug-likeness (QED) is 0.805. The predicted molar refractivity (Wildman–Crippen MR) is 111 cm³/mol. The lowest BCUT2D eigenvalue weighted by Crippen LogP contribution is -2.53. The molecule has 5 rings (SSSR count). The normalized spacial score (nSPS) is 26.6. The lowest BCUT2D eigenvalue weighted by atomic mass is 9.66. The third-order valence-corrected chi connectivity index (χ3v) is 7.88. The van der Waals surface area contributed by atoms with E-state index in [9.17, 15) is 4.79 Å². The lowest BCUT2D eigenvalue weighted by molar-refractivity contribution is -0.135. The van der Waals surface area contributed by atoms with E-state index in [1.165, 1.54) is 38.5 Å². The smallest absolute Gasteiger partial charge is 0.225 e. The Balaban J connectivity index is 1.09. The van der Waals surface area contributed by atoms with Gasteiger partial charge in [-0.3, -0.25) is 9.69 Å². The van der Waals surface area contributed by atoms with Gasteiger partial charge in [-0.2, -0.15) is 0 Å². The van der Waals surface area contributed by atoms with E-state index in [0.717, 1.165) is 64.0 Å². The molecule has 1 spiro atoms. The number of anilines is 1. The van der Waals surface area contributed by atoms with Crippen molar-refractivity contribution in [1.29, 1.82) is 0 Å². The van der Waals surface area contributed by atoms with Gasteiger partial charge in [0.1, 0.15) is 5.82 Å². The number of likely N-dealkylation sites (tertiary alicyclic amines) is 1. The molecule has 2 saturated carbocycles. The van der Waals surface area contributed by atoms with Gasteiger partial charge in [-0.05, 0) is 68.9 Å². The Kier molecular flexibility index (Phi) is 5.04. The number of carbonyl (C=O) groups excluding carboxylic acids is 1. The molecular weight excluding hydrogens is 348 g/mol. The van der Waals surface area contributed by atoms with E-state index in [1.807, 2.05) is 12.3 Å². The lowest BCUT2D eigenvalue weighted by Gasteiger charge is -2.49. The molecule has 0 bridgehead atoms. The fourth-order valence-corrected chi connectivity index (χ4v) is 5.73. The molecule has 1 aromatic rings. The van der Waals surface area contributed by atoms with Crippen LogP contribution in [0.1, 0.15) is 51.4 Å². The average molecular weight is 383 g/mol. The molecule has 2 saturated heterocycles. The third-order valence-electron chi connectivity index (χ3n) is 7.88. The first-order valence-corrected chi connectivity index (χ1v) is 11.4. The number of piperazine rings is 1. The molecule has 0 aromatic carbocycles. The van der Waals surface area contributed by atoms with Crippen molar-refractivity contribution in [2.24, 2.45) is 11.3 Å². The number of nitrogens with zero attached hydrogens (tertiary/aromatic N) is 4. The number of hydrogen-bond acceptors (Lipinski definition) is 4. The molecule has 4 fully saturated rings. The summed E-state index contributed by atoms with van der Waals surface area (Å²) in [4.78, 5) is 24.2. The van der Waals surface area contributed by atoms with Crippen molar-refractivity contribution in [3.05, 3.63) is 24.4 Å². The maximum absolute atomic E-state index is 12.3. The topological polar surface area (TPSA) is 39.7 Å². The first-order valence-electron chi connectivity index (χ1n) is 11.4. The SMILES string of the molecule is O=C(C1CC1)N1CCC2(CCC(N3CCN(c4ccccn4)CC3)CC2)CC1. The second-order valence-corrected chi connectivity index (χ2v) is 9.54. The van der Waals surface area contributed by atoms with Gasteiger partial charge in [-0.15, -0.1) is 0 Å². The number of aromatic nitrogens is 1. The van der Waals surface area contributed by atoms with Crippen LogP contribution in [-0.2, 0) is 4.79 Å². The van der Waals surface area contributed by atoms with Crippen molar-refractivity contribution >= 4 is 11.7 Å². The number of amides is 1. The highest BCUT2D eigenvalue weighted by atomic mass is 16.2. The minimum Gasteiger partial charge on any atom is -0.354 e. The largest absolute Gasteiger partial charge is 0.354 e. The Bertz CT molecular complexity index is 663. The van der Waals surface area contributed by atoms with Crippen molar-refractivity contribution in [2.45, 2.75) is 57.4 Å². The van der Waals surface area contributed by atoms with Crippen LogP contribution < -0.4 is 4.90 Å². The van der Waals surface area contributed by atoms with Crippen molar-refractivity contribution in [3.63, 3.8) is 0 Å². The Morgan fingerprint density at radius 3 is 2.21 bits per heavy atom. The van der Waals surface area contributed by atoms with Crippen molar-refractivity contribution in [1.82, 2.24) is 14.8 Å². The summed E-state index contributed by atoms with van der Waals surface area (Å²) in [7, 11) is 0. The zero-order valence-corrected chi connectivity index (χ0v) is 17.1. The number of piperidine rings is 1. The second kappa shape index (κ2) is 7.66. The maximum Gasteiger partial charge on any atom is 0.225 e. The summed E-state index contributed by atoms with van der Waals surface area (Å²) in [5, 5.41) is 0. The summed E-state index contributed by atoms with van der Waals surface area (Å²) in [6.45, 7) is 6.55. The Labute approximate surface area is 169 Å². The van der Waals surface area contributed by atoms with Gasteiger partial charge in [0, 0.05) is 57.4 Å². The van der Waals surface area contributed by atoms with Crippen LogP contribution >= 0.6 is 0 Å². The van der Waals surface area contributed by atoms with Crippen LogP contribution in [0.4, 0.5) is 5.82 Å². The van der Waals surface area contributed by atoms with Crippen LogP contribution in [0.15, 0.2) is 24.4 Å². The summed E-state index contributed by atoms with van der Waals surface area (Å²) < 4.78 is 0. The van der Waals surface area contributed by atoms with Gasteiger partial charge in [-0.25, -0.2) is 4.98 Å². The van der Waals surface area contributed by atoms with E-state index in [0.29, 0.717) is 17.2 Å². The molecule has 0 atom stereocenters. The average Bonchev–Trinajstić information content (AvgIpc) is 3.61. The van der Waals surface area contributed by atoms with Crippen LogP contribution in [0.5, 0.6) is 0 Å². The number of rotatable bonds is 3. The molecule has 0 N–H and O–H groups in total. The summed E-state index contributed by atoms with van der Waals surface area (Å²) >= 11 is 0. The third kappa shape index (κ3) is 3.78. The Morgan fingerprint density at radius 2 is 1.61 bits per heavy atom. The van der Waals surface area contributed by atoms with Gasteiger partial charge in [0.25, 0.3) is 0 Å². The molecule has 0 radical (unpaired) electrons. The Morgan fingerprint density at radius 1 is 0.893 bits per heavy atom. The van der Waals surface area contributed by atoms with E-state index in [4.69, 9.17) is 0 Å². The Hall–Kier alpha value is -1.62. The van der Waals surface area contributed by atoms with Gasteiger partial charge >= 0.3 is 0 Å². The molecule has 5 nitrogen and oxygen atoms in total. The second-order valence-electron chi connectivity index (χ2n) is 9.54.